The summed E-state index contributed by atoms with van der Waals surface area (Å²) >= 11 is 1.76. The zero-order valence-electron chi connectivity index (χ0n) is 11.7. The van der Waals surface area contributed by atoms with Crippen molar-refractivity contribution in [3.8, 4) is 0 Å². The number of nitrogens with two attached hydrogens (primary N) is 1. The second-order valence-corrected chi connectivity index (χ2v) is 5.68. The number of nitrogens with zero attached hydrogens (tertiary/aromatic N) is 2. The standard InChI is InChI=1S/C14H21N3S.HI/c1-10-4-5-11(13(8-10)18-3)9-16-14(15)17(2)12-6-7-12;/h4-5,8,12H,6-7,9H2,1-3H3,(H2,15,16);1H. The maximum Gasteiger partial charge on any atom is 0.191 e. The molecule has 0 heterocycles. The summed E-state index contributed by atoms with van der Waals surface area (Å²) < 4.78 is 0. The van der Waals surface area contributed by atoms with Crippen molar-refractivity contribution in [1.82, 2.24) is 4.90 Å². The van der Waals surface area contributed by atoms with Gasteiger partial charge in [0.1, 0.15) is 0 Å². The molecule has 0 amide bonds. The molecule has 5 heteroatoms. The van der Waals surface area contributed by atoms with E-state index >= 15 is 0 Å². The van der Waals surface area contributed by atoms with E-state index in [2.05, 4.69) is 41.3 Å². The predicted octanol–water partition coefficient (Wildman–Crippen LogP) is 3.24. The van der Waals surface area contributed by atoms with Gasteiger partial charge < -0.3 is 10.6 Å². The lowest BCUT2D eigenvalue weighted by Gasteiger charge is -2.17. The number of benzene rings is 1. The molecule has 0 radical (unpaired) electrons. The first-order chi connectivity index (χ1) is 8.61. The molecule has 1 saturated carbocycles. The fourth-order valence-electron chi connectivity index (χ4n) is 1.91. The summed E-state index contributed by atoms with van der Waals surface area (Å²) in [6.45, 7) is 2.78. The molecule has 0 atom stereocenters. The zero-order valence-corrected chi connectivity index (χ0v) is 14.9. The molecule has 0 spiro atoms. The van der Waals surface area contributed by atoms with Gasteiger partial charge in [-0.15, -0.1) is 35.7 Å². The molecule has 106 valence electrons. The van der Waals surface area contributed by atoms with Crippen LogP contribution >= 0.6 is 35.7 Å². The third-order valence-corrected chi connectivity index (χ3v) is 4.13. The van der Waals surface area contributed by atoms with Crippen LogP contribution in [0.3, 0.4) is 0 Å². The van der Waals surface area contributed by atoms with Crippen molar-refractivity contribution < 1.29 is 0 Å². The molecule has 2 N–H and O–H groups in total. The Labute approximate surface area is 137 Å². The molecule has 0 unspecified atom stereocenters. The van der Waals surface area contributed by atoms with Crippen LogP contribution in [0.15, 0.2) is 28.1 Å². The van der Waals surface area contributed by atoms with E-state index in [1.165, 1.54) is 28.9 Å². The summed E-state index contributed by atoms with van der Waals surface area (Å²) in [5.41, 5.74) is 8.53. The molecule has 1 aliphatic carbocycles. The van der Waals surface area contributed by atoms with E-state index in [0.29, 0.717) is 18.5 Å². The largest absolute Gasteiger partial charge is 0.370 e. The number of aryl methyl sites for hydroxylation is 1. The first-order valence-corrected chi connectivity index (χ1v) is 7.50. The third kappa shape index (κ3) is 4.56. The summed E-state index contributed by atoms with van der Waals surface area (Å²) in [6.07, 6.45) is 4.59. The van der Waals surface area contributed by atoms with Gasteiger partial charge in [0, 0.05) is 18.0 Å². The Kier molecular flexibility index (Phi) is 6.46. The Hall–Kier alpha value is -0.430. The Bertz CT molecular complexity index is 458. The van der Waals surface area contributed by atoms with Crippen LogP contribution in [-0.4, -0.2) is 30.2 Å². The number of rotatable bonds is 4. The topological polar surface area (TPSA) is 41.6 Å². The van der Waals surface area contributed by atoms with Crippen LogP contribution in [0.5, 0.6) is 0 Å². The molecule has 0 bridgehead atoms. The van der Waals surface area contributed by atoms with Gasteiger partial charge >= 0.3 is 0 Å². The summed E-state index contributed by atoms with van der Waals surface area (Å²) in [4.78, 5) is 7.88. The van der Waals surface area contributed by atoms with Gasteiger partial charge in [0.25, 0.3) is 0 Å². The second kappa shape index (κ2) is 7.38. The summed E-state index contributed by atoms with van der Waals surface area (Å²) in [5, 5.41) is 0. The molecule has 19 heavy (non-hydrogen) atoms. The quantitative estimate of drug-likeness (QED) is 0.371. The molecular weight excluding hydrogens is 369 g/mol. The van der Waals surface area contributed by atoms with Gasteiger partial charge in [-0.1, -0.05) is 12.1 Å². The van der Waals surface area contributed by atoms with Crippen molar-refractivity contribution in [1.29, 1.82) is 0 Å². The highest BCUT2D eigenvalue weighted by molar-refractivity contribution is 14.0. The number of guanidine groups is 1. The maximum absolute atomic E-state index is 6.00. The Morgan fingerprint density at radius 1 is 1.47 bits per heavy atom. The molecule has 2 rings (SSSR count). The SMILES string of the molecule is CSc1cc(C)ccc1CN=C(N)N(C)C1CC1.I. The van der Waals surface area contributed by atoms with Crippen molar-refractivity contribution in [3.05, 3.63) is 29.3 Å². The molecule has 1 aromatic rings. The van der Waals surface area contributed by atoms with E-state index in [4.69, 9.17) is 5.73 Å². The van der Waals surface area contributed by atoms with Crippen LogP contribution in [0.25, 0.3) is 0 Å². The number of aliphatic imine (C=N–C) groups is 1. The molecular formula is C14H22IN3S. The number of hydrogen-bond donors (Lipinski definition) is 1. The monoisotopic (exact) mass is 391 g/mol. The van der Waals surface area contributed by atoms with E-state index in [-0.39, 0.29) is 24.0 Å². The normalized spacial score (nSPS) is 15.0. The van der Waals surface area contributed by atoms with Crippen LogP contribution in [0.2, 0.25) is 0 Å². The zero-order chi connectivity index (χ0) is 13.1. The minimum atomic E-state index is 0. The summed E-state index contributed by atoms with van der Waals surface area (Å²) in [6, 6.07) is 7.10. The Balaban J connectivity index is 0.00000180. The van der Waals surface area contributed by atoms with Gasteiger partial charge in [-0.05, 0) is 43.2 Å². The molecule has 1 fully saturated rings. The van der Waals surface area contributed by atoms with Crippen LogP contribution in [0, 0.1) is 6.92 Å². The molecule has 0 saturated heterocycles. The van der Waals surface area contributed by atoms with Gasteiger partial charge in [-0.25, -0.2) is 4.99 Å². The number of hydrogen-bond acceptors (Lipinski definition) is 2. The van der Waals surface area contributed by atoms with Crippen molar-refractivity contribution in [2.75, 3.05) is 13.3 Å². The first kappa shape index (κ1) is 16.6. The smallest absolute Gasteiger partial charge is 0.191 e. The first-order valence-electron chi connectivity index (χ1n) is 6.28. The fourth-order valence-corrected chi connectivity index (χ4v) is 2.61. The van der Waals surface area contributed by atoms with Crippen molar-refractivity contribution >= 4 is 41.7 Å². The Morgan fingerprint density at radius 2 is 2.16 bits per heavy atom. The summed E-state index contributed by atoms with van der Waals surface area (Å²) in [5.74, 6) is 0.658. The summed E-state index contributed by atoms with van der Waals surface area (Å²) in [7, 11) is 2.03. The lowest BCUT2D eigenvalue weighted by molar-refractivity contribution is 0.487. The highest BCUT2D eigenvalue weighted by Gasteiger charge is 2.27. The Morgan fingerprint density at radius 3 is 2.74 bits per heavy atom. The van der Waals surface area contributed by atoms with E-state index < -0.39 is 0 Å². The molecule has 0 aromatic heterocycles. The van der Waals surface area contributed by atoms with Gasteiger partial charge in [0.05, 0.1) is 6.54 Å². The highest BCUT2D eigenvalue weighted by Crippen LogP contribution is 2.25. The third-order valence-electron chi connectivity index (χ3n) is 3.31. The predicted molar refractivity (Wildman–Crippen MR) is 94.5 cm³/mol. The van der Waals surface area contributed by atoms with E-state index in [1.54, 1.807) is 11.8 Å². The van der Waals surface area contributed by atoms with Crippen LogP contribution < -0.4 is 5.73 Å². The lowest BCUT2D eigenvalue weighted by atomic mass is 10.1. The second-order valence-electron chi connectivity index (χ2n) is 4.83. The van der Waals surface area contributed by atoms with Crippen molar-refractivity contribution in [2.45, 2.75) is 37.2 Å². The van der Waals surface area contributed by atoms with Gasteiger partial charge in [0.15, 0.2) is 5.96 Å². The van der Waals surface area contributed by atoms with Crippen LogP contribution in [0.4, 0.5) is 0 Å². The number of halogens is 1. The van der Waals surface area contributed by atoms with Gasteiger partial charge in [-0.3, -0.25) is 0 Å². The average molecular weight is 391 g/mol. The molecule has 3 nitrogen and oxygen atoms in total. The molecule has 1 aromatic carbocycles. The number of thioether (sulfide) groups is 1. The minimum Gasteiger partial charge on any atom is -0.370 e. The fraction of sp³-hybridized carbons (Fsp3) is 0.500. The van der Waals surface area contributed by atoms with E-state index in [0.717, 1.165) is 0 Å². The lowest BCUT2D eigenvalue weighted by Crippen LogP contribution is -2.35. The van der Waals surface area contributed by atoms with Gasteiger partial charge in [0.2, 0.25) is 0 Å². The minimum absolute atomic E-state index is 0. The van der Waals surface area contributed by atoms with Crippen molar-refractivity contribution in [2.24, 2.45) is 10.7 Å². The molecule has 1 aliphatic rings. The molecule has 0 aliphatic heterocycles. The van der Waals surface area contributed by atoms with E-state index in [9.17, 15) is 0 Å². The average Bonchev–Trinajstić information content (AvgIpc) is 3.20. The maximum atomic E-state index is 6.00. The van der Waals surface area contributed by atoms with Crippen molar-refractivity contribution in [3.63, 3.8) is 0 Å². The van der Waals surface area contributed by atoms with Crippen LogP contribution in [-0.2, 0) is 6.54 Å². The highest BCUT2D eigenvalue weighted by atomic mass is 127. The van der Waals surface area contributed by atoms with Crippen LogP contribution in [0.1, 0.15) is 24.0 Å². The van der Waals surface area contributed by atoms with E-state index in [1.807, 2.05) is 7.05 Å². The van der Waals surface area contributed by atoms with Gasteiger partial charge in [-0.2, -0.15) is 0 Å².